The maximum absolute atomic E-state index is 5.89. The van der Waals surface area contributed by atoms with Crippen molar-refractivity contribution in [2.45, 2.75) is 25.5 Å². The van der Waals surface area contributed by atoms with Gasteiger partial charge in [-0.2, -0.15) is 5.10 Å². The van der Waals surface area contributed by atoms with Crippen molar-refractivity contribution in [3.8, 4) is 11.4 Å². The second-order valence-corrected chi connectivity index (χ2v) is 6.47. The van der Waals surface area contributed by atoms with E-state index in [1.165, 1.54) is 5.69 Å². The number of benzene rings is 1. The Labute approximate surface area is 138 Å². The highest BCUT2D eigenvalue weighted by Crippen LogP contribution is 2.21. The van der Waals surface area contributed by atoms with Crippen LogP contribution in [0.25, 0.3) is 11.4 Å². The van der Waals surface area contributed by atoms with Crippen LogP contribution in [0.2, 0.25) is 5.02 Å². The molecular weight excluding hydrogens is 318 g/mol. The number of aromatic amines is 1. The molecular formula is C15H16ClN5S. The fourth-order valence-electron chi connectivity index (χ4n) is 2.17. The van der Waals surface area contributed by atoms with Crippen LogP contribution in [0.15, 0.2) is 35.5 Å². The molecule has 1 N–H and O–H groups in total. The highest BCUT2D eigenvalue weighted by molar-refractivity contribution is 7.99. The number of hydrogen-bond donors (Lipinski definition) is 1. The Kier molecular flexibility index (Phi) is 4.49. The topological polar surface area (TPSA) is 59.4 Å². The lowest BCUT2D eigenvalue weighted by Crippen LogP contribution is -2.04. The van der Waals surface area contributed by atoms with E-state index in [1.807, 2.05) is 35.9 Å². The SMILES string of the molecule is Cc1cc(C)n(CCSc2n[nH]c(-c3ccc(Cl)cc3)n2)n1. The van der Waals surface area contributed by atoms with Gasteiger partial charge in [-0.1, -0.05) is 23.4 Å². The first-order valence-electron chi connectivity index (χ1n) is 6.94. The number of H-pyrrole nitrogens is 1. The molecule has 0 aliphatic carbocycles. The maximum Gasteiger partial charge on any atom is 0.208 e. The first kappa shape index (κ1) is 15.1. The van der Waals surface area contributed by atoms with Gasteiger partial charge >= 0.3 is 0 Å². The number of thioether (sulfide) groups is 1. The fourth-order valence-corrected chi connectivity index (χ4v) is 3.01. The molecule has 0 saturated heterocycles. The second-order valence-electron chi connectivity index (χ2n) is 4.97. The third-order valence-corrected chi connectivity index (χ3v) is 4.30. The lowest BCUT2D eigenvalue weighted by atomic mass is 10.2. The molecule has 0 aliphatic rings. The zero-order chi connectivity index (χ0) is 15.5. The quantitative estimate of drug-likeness (QED) is 0.723. The third kappa shape index (κ3) is 3.51. The minimum absolute atomic E-state index is 0.711. The van der Waals surface area contributed by atoms with Crippen LogP contribution < -0.4 is 0 Å². The number of hydrogen-bond acceptors (Lipinski definition) is 4. The minimum Gasteiger partial charge on any atom is -0.269 e. The second kappa shape index (κ2) is 6.54. The maximum atomic E-state index is 5.89. The number of nitrogens with one attached hydrogen (secondary N) is 1. The Bertz CT molecular complexity index is 763. The molecule has 0 aliphatic heterocycles. The number of halogens is 1. The van der Waals surface area contributed by atoms with E-state index in [1.54, 1.807) is 11.8 Å². The van der Waals surface area contributed by atoms with Gasteiger partial charge in [-0.15, -0.1) is 5.10 Å². The number of aromatic nitrogens is 5. The molecule has 2 heterocycles. The molecule has 7 heteroatoms. The van der Waals surface area contributed by atoms with Crippen molar-refractivity contribution < 1.29 is 0 Å². The molecule has 0 bridgehead atoms. The normalized spacial score (nSPS) is 11.0. The first-order valence-corrected chi connectivity index (χ1v) is 8.30. The van der Waals surface area contributed by atoms with Crippen molar-refractivity contribution >= 4 is 23.4 Å². The lowest BCUT2D eigenvalue weighted by molar-refractivity contribution is 0.640. The Morgan fingerprint density at radius 3 is 2.68 bits per heavy atom. The molecule has 2 aromatic heterocycles. The summed E-state index contributed by atoms with van der Waals surface area (Å²) < 4.78 is 2.01. The van der Waals surface area contributed by atoms with Crippen molar-refractivity contribution in [2.75, 3.05) is 5.75 Å². The van der Waals surface area contributed by atoms with E-state index in [2.05, 4.69) is 33.3 Å². The van der Waals surface area contributed by atoms with Crippen molar-refractivity contribution in [1.29, 1.82) is 0 Å². The summed E-state index contributed by atoms with van der Waals surface area (Å²) in [5.41, 5.74) is 3.20. The molecule has 0 fully saturated rings. The first-order chi connectivity index (χ1) is 10.6. The largest absolute Gasteiger partial charge is 0.269 e. The highest BCUT2D eigenvalue weighted by atomic mass is 35.5. The molecule has 0 saturated carbocycles. The van der Waals surface area contributed by atoms with E-state index in [0.29, 0.717) is 5.02 Å². The molecule has 3 rings (SSSR count). The van der Waals surface area contributed by atoms with Crippen LogP contribution in [-0.4, -0.2) is 30.7 Å². The summed E-state index contributed by atoms with van der Waals surface area (Å²) in [7, 11) is 0. The van der Waals surface area contributed by atoms with Crippen LogP contribution in [0.5, 0.6) is 0 Å². The molecule has 0 radical (unpaired) electrons. The molecule has 3 aromatic rings. The van der Waals surface area contributed by atoms with E-state index in [0.717, 1.165) is 34.5 Å². The molecule has 0 amide bonds. The van der Waals surface area contributed by atoms with Gasteiger partial charge in [0.25, 0.3) is 0 Å². The van der Waals surface area contributed by atoms with E-state index in [9.17, 15) is 0 Å². The van der Waals surface area contributed by atoms with E-state index in [-0.39, 0.29) is 0 Å². The van der Waals surface area contributed by atoms with Crippen molar-refractivity contribution in [3.63, 3.8) is 0 Å². The van der Waals surface area contributed by atoms with Crippen molar-refractivity contribution in [2.24, 2.45) is 0 Å². The average Bonchev–Trinajstić information content (AvgIpc) is 3.07. The van der Waals surface area contributed by atoms with Crippen LogP contribution in [-0.2, 0) is 6.54 Å². The Morgan fingerprint density at radius 1 is 1.23 bits per heavy atom. The summed E-state index contributed by atoms with van der Waals surface area (Å²) >= 11 is 7.50. The predicted molar refractivity (Wildman–Crippen MR) is 89.3 cm³/mol. The summed E-state index contributed by atoms with van der Waals surface area (Å²) in [6, 6.07) is 9.61. The number of nitrogens with zero attached hydrogens (tertiary/aromatic N) is 4. The number of rotatable bonds is 5. The predicted octanol–water partition coefficient (Wildman–Crippen LogP) is 3.73. The molecule has 0 atom stereocenters. The van der Waals surface area contributed by atoms with Gasteiger partial charge in [0.2, 0.25) is 5.16 Å². The zero-order valence-corrected chi connectivity index (χ0v) is 13.9. The monoisotopic (exact) mass is 333 g/mol. The summed E-state index contributed by atoms with van der Waals surface area (Å²) in [5, 5.41) is 13.1. The Balaban J connectivity index is 1.60. The van der Waals surface area contributed by atoms with E-state index >= 15 is 0 Å². The summed E-state index contributed by atoms with van der Waals surface area (Å²) in [5.74, 6) is 1.63. The molecule has 1 aromatic carbocycles. The van der Waals surface area contributed by atoms with Crippen LogP contribution in [0.4, 0.5) is 0 Å². The van der Waals surface area contributed by atoms with Gasteiger partial charge in [0.05, 0.1) is 12.2 Å². The smallest absolute Gasteiger partial charge is 0.208 e. The van der Waals surface area contributed by atoms with Crippen LogP contribution in [0.1, 0.15) is 11.4 Å². The van der Waals surface area contributed by atoms with Crippen LogP contribution >= 0.6 is 23.4 Å². The van der Waals surface area contributed by atoms with Crippen LogP contribution in [0, 0.1) is 13.8 Å². The van der Waals surface area contributed by atoms with Gasteiger partial charge in [0.1, 0.15) is 0 Å². The Hall–Kier alpha value is -1.79. The van der Waals surface area contributed by atoms with E-state index < -0.39 is 0 Å². The molecule has 5 nitrogen and oxygen atoms in total. The standard InChI is InChI=1S/C15H16ClN5S/c1-10-9-11(2)21(20-10)7-8-22-15-17-14(18-19-15)12-3-5-13(16)6-4-12/h3-6,9H,7-8H2,1-2H3,(H,17,18,19). The summed E-state index contributed by atoms with van der Waals surface area (Å²) in [4.78, 5) is 4.49. The van der Waals surface area contributed by atoms with Crippen molar-refractivity contribution in [1.82, 2.24) is 25.0 Å². The van der Waals surface area contributed by atoms with Crippen LogP contribution in [0.3, 0.4) is 0 Å². The van der Waals surface area contributed by atoms with Gasteiger partial charge in [-0.05, 0) is 44.2 Å². The summed E-state index contributed by atoms with van der Waals surface area (Å²) in [6.07, 6.45) is 0. The lowest BCUT2D eigenvalue weighted by Gasteiger charge is -2.02. The zero-order valence-electron chi connectivity index (χ0n) is 12.4. The van der Waals surface area contributed by atoms with Gasteiger partial charge < -0.3 is 0 Å². The van der Waals surface area contributed by atoms with E-state index in [4.69, 9.17) is 11.6 Å². The minimum atomic E-state index is 0.711. The average molecular weight is 334 g/mol. The highest BCUT2D eigenvalue weighted by Gasteiger charge is 2.07. The fraction of sp³-hybridized carbons (Fsp3) is 0.267. The molecule has 0 spiro atoms. The van der Waals surface area contributed by atoms with Gasteiger partial charge in [0.15, 0.2) is 5.82 Å². The number of aryl methyl sites for hydroxylation is 3. The van der Waals surface area contributed by atoms with Gasteiger partial charge in [-0.3, -0.25) is 9.78 Å². The van der Waals surface area contributed by atoms with Gasteiger partial charge in [0, 0.05) is 22.0 Å². The Morgan fingerprint density at radius 2 is 2.00 bits per heavy atom. The molecule has 22 heavy (non-hydrogen) atoms. The third-order valence-electron chi connectivity index (χ3n) is 3.22. The van der Waals surface area contributed by atoms with Gasteiger partial charge in [-0.25, -0.2) is 4.98 Å². The molecule has 114 valence electrons. The molecule has 0 unspecified atom stereocenters. The summed E-state index contributed by atoms with van der Waals surface area (Å²) in [6.45, 7) is 4.91. The van der Waals surface area contributed by atoms with Crippen molar-refractivity contribution in [3.05, 3.63) is 46.7 Å².